The van der Waals surface area contributed by atoms with Gasteiger partial charge in [-0.05, 0) is 41.0 Å². The Labute approximate surface area is 131 Å². The Morgan fingerprint density at radius 2 is 2.24 bits per heavy atom. The number of carbonyl (C=O) groups excluding carboxylic acids is 1. The number of ether oxygens (including phenoxy) is 1. The standard InChI is InChI=1S/C15H18BrF2NO2/c1-2-5-19-6-7-21-14(9-19)13(20)8-10-12(17)4-3-11(16)15(10)18/h3-4,14H,2,5-9H2,1H3. The predicted octanol–water partition coefficient (Wildman–Crippen LogP) is 2.95. The zero-order valence-electron chi connectivity index (χ0n) is 11.9. The fraction of sp³-hybridized carbons (Fsp3) is 0.533. The van der Waals surface area contributed by atoms with Gasteiger partial charge in [-0.15, -0.1) is 0 Å². The van der Waals surface area contributed by atoms with Gasteiger partial charge in [-0.1, -0.05) is 6.92 Å². The summed E-state index contributed by atoms with van der Waals surface area (Å²) in [7, 11) is 0. The molecule has 21 heavy (non-hydrogen) atoms. The van der Waals surface area contributed by atoms with Gasteiger partial charge in [-0.3, -0.25) is 9.69 Å². The molecule has 1 saturated heterocycles. The predicted molar refractivity (Wildman–Crippen MR) is 79.2 cm³/mol. The van der Waals surface area contributed by atoms with E-state index in [4.69, 9.17) is 4.74 Å². The van der Waals surface area contributed by atoms with E-state index >= 15 is 0 Å². The molecule has 3 nitrogen and oxygen atoms in total. The first-order valence-electron chi connectivity index (χ1n) is 7.02. The Bertz CT molecular complexity index is 523. The van der Waals surface area contributed by atoms with Crippen LogP contribution in [-0.4, -0.2) is 43.0 Å². The van der Waals surface area contributed by atoms with Gasteiger partial charge in [0.25, 0.3) is 0 Å². The minimum atomic E-state index is -0.718. The van der Waals surface area contributed by atoms with Crippen LogP contribution in [0.25, 0.3) is 0 Å². The summed E-state index contributed by atoms with van der Waals surface area (Å²) in [4.78, 5) is 14.4. The van der Waals surface area contributed by atoms with Crippen LogP contribution in [0.15, 0.2) is 16.6 Å². The molecule has 0 amide bonds. The lowest BCUT2D eigenvalue weighted by Crippen LogP contribution is -2.46. The van der Waals surface area contributed by atoms with Crippen molar-refractivity contribution in [3.05, 3.63) is 33.8 Å². The summed E-state index contributed by atoms with van der Waals surface area (Å²) < 4.78 is 33.2. The fourth-order valence-electron chi connectivity index (χ4n) is 2.44. The number of halogens is 3. The third kappa shape index (κ3) is 4.08. The molecule has 0 saturated carbocycles. The van der Waals surface area contributed by atoms with Gasteiger partial charge in [0.2, 0.25) is 0 Å². The van der Waals surface area contributed by atoms with Gasteiger partial charge in [0.15, 0.2) is 5.78 Å². The van der Waals surface area contributed by atoms with Gasteiger partial charge in [-0.2, -0.15) is 0 Å². The highest BCUT2D eigenvalue weighted by atomic mass is 79.9. The molecule has 1 aromatic carbocycles. The van der Waals surface area contributed by atoms with Crippen LogP contribution in [0.5, 0.6) is 0 Å². The van der Waals surface area contributed by atoms with Crippen LogP contribution in [0.3, 0.4) is 0 Å². The SMILES string of the molecule is CCCN1CCOC(C(=O)Cc2c(F)ccc(Br)c2F)C1. The number of morpholine rings is 1. The van der Waals surface area contributed by atoms with E-state index in [2.05, 4.69) is 27.8 Å². The van der Waals surface area contributed by atoms with Gasteiger partial charge >= 0.3 is 0 Å². The van der Waals surface area contributed by atoms with Crippen LogP contribution in [0, 0.1) is 11.6 Å². The van der Waals surface area contributed by atoms with Crippen molar-refractivity contribution in [3.63, 3.8) is 0 Å². The zero-order valence-corrected chi connectivity index (χ0v) is 13.5. The molecule has 6 heteroatoms. The summed E-state index contributed by atoms with van der Waals surface area (Å²) in [5.41, 5.74) is -0.203. The number of nitrogens with zero attached hydrogens (tertiary/aromatic N) is 1. The van der Waals surface area contributed by atoms with Crippen LogP contribution in [-0.2, 0) is 16.0 Å². The lowest BCUT2D eigenvalue weighted by atomic mass is 10.0. The van der Waals surface area contributed by atoms with Gasteiger partial charge in [0.1, 0.15) is 17.7 Å². The van der Waals surface area contributed by atoms with E-state index in [9.17, 15) is 13.6 Å². The lowest BCUT2D eigenvalue weighted by molar-refractivity contribution is -0.135. The second-order valence-electron chi connectivity index (χ2n) is 5.12. The third-order valence-electron chi connectivity index (χ3n) is 3.54. The molecule has 0 aliphatic carbocycles. The first-order valence-corrected chi connectivity index (χ1v) is 7.81. The van der Waals surface area contributed by atoms with E-state index in [1.165, 1.54) is 6.07 Å². The average Bonchev–Trinajstić information content (AvgIpc) is 2.48. The van der Waals surface area contributed by atoms with Crippen molar-refractivity contribution in [2.45, 2.75) is 25.9 Å². The molecule has 0 aromatic heterocycles. The van der Waals surface area contributed by atoms with Gasteiger partial charge < -0.3 is 4.74 Å². The third-order valence-corrected chi connectivity index (χ3v) is 4.15. The molecular weight excluding hydrogens is 344 g/mol. The van der Waals surface area contributed by atoms with Crippen molar-refractivity contribution in [2.75, 3.05) is 26.2 Å². The highest BCUT2D eigenvalue weighted by molar-refractivity contribution is 9.10. The topological polar surface area (TPSA) is 29.5 Å². The highest BCUT2D eigenvalue weighted by Gasteiger charge is 2.27. The van der Waals surface area contributed by atoms with E-state index < -0.39 is 17.7 Å². The van der Waals surface area contributed by atoms with Crippen molar-refractivity contribution in [1.82, 2.24) is 4.90 Å². The Hall–Kier alpha value is -0.850. The van der Waals surface area contributed by atoms with Crippen LogP contribution in [0.1, 0.15) is 18.9 Å². The van der Waals surface area contributed by atoms with Crippen LogP contribution >= 0.6 is 15.9 Å². The Morgan fingerprint density at radius 3 is 2.95 bits per heavy atom. The van der Waals surface area contributed by atoms with Crippen molar-refractivity contribution < 1.29 is 18.3 Å². The summed E-state index contributed by atoms with van der Waals surface area (Å²) in [6, 6.07) is 2.44. The first kappa shape index (κ1) is 16.5. The van der Waals surface area contributed by atoms with E-state index in [0.29, 0.717) is 13.2 Å². The van der Waals surface area contributed by atoms with Crippen molar-refractivity contribution in [3.8, 4) is 0 Å². The van der Waals surface area contributed by atoms with Crippen molar-refractivity contribution in [1.29, 1.82) is 0 Å². The monoisotopic (exact) mass is 361 g/mol. The van der Waals surface area contributed by atoms with Gasteiger partial charge in [0.05, 0.1) is 11.1 Å². The van der Waals surface area contributed by atoms with E-state index in [-0.39, 0.29) is 22.2 Å². The maximum atomic E-state index is 13.9. The Balaban J connectivity index is 2.06. The molecule has 0 spiro atoms. The Morgan fingerprint density at radius 1 is 1.48 bits per heavy atom. The second kappa shape index (κ2) is 7.42. The molecule has 1 unspecified atom stereocenters. The maximum Gasteiger partial charge on any atom is 0.167 e. The van der Waals surface area contributed by atoms with Gasteiger partial charge in [0, 0.05) is 25.1 Å². The molecule has 1 aromatic rings. The van der Waals surface area contributed by atoms with Crippen molar-refractivity contribution in [2.24, 2.45) is 0 Å². The normalized spacial score (nSPS) is 19.7. The smallest absolute Gasteiger partial charge is 0.167 e. The number of Topliss-reactive ketones (excluding diaryl/α,β-unsaturated/α-hetero) is 1. The first-order chi connectivity index (χ1) is 10.0. The van der Waals surface area contributed by atoms with E-state index in [1.807, 2.05) is 0 Å². The van der Waals surface area contributed by atoms with Crippen LogP contribution in [0.2, 0.25) is 0 Å². The molecule has 1 heterocycles. The fourth-order valence-corrected chi connectivity index (χ4v) is 2.81. The number of benzene rings is 1. The summed E-state index contributed by atoms with van der Waals surface area (Å²) in [6.07, 6.45) is 0.0976. The average molecular weight is 362 g/mol. The molecule has 1 fully saturated rings. The van der Waals surface area contributed by atoms with E-state index in [1.54, 1.807) is 0 Å². The zero-order chi connectivity index (χ0) is 15.4. The Kier molecular flexibility index (Phi) is 5.84. The molecule has 1 aliphatic rings. The van der Waals surface area contributed by atoms with Crippen molar-refractivity contribution >= 4 is 21.7 Å². The molecule has 1 atom stereocenters. The summed E-state index contributed by atoms with van der Waals surface area (Å²) in [5.74, 6) is -1.71. The van der Waals surface area contributed by atoms with Gasteiger partial charge in [-0.25, -0.2) is 8.78 Å². The molecule has 0 N–H and O–H groups in total. The van der Waals surface area contributed by atoms with Crippen LogP contribution in [0.4, 0.5) is 8.78 Å². The molecular formula is C15H18BrF2NO2. The number of ketones is 1. The number of carbonyl (C=O) groups is 1. The molecule has 0 bridgehead atoms. The summed E-state index contributed by atoms with van der Waals surface area (Å²) in [6.45, 7) is 4.71. The second-order valence-corrected chi connectivity index (χ2v) is 5.98. The van der Waals surface area contributed by atoms with E-state index in [0.717, 1.165) is 25.6 Å². The summed E-state index contributed by atoms with van der Waals surface area (Å²) in [5, 5.41) is 0. The molecule has 116 valence electrons. The van der Waals surface area contributed by atoms with Crippen LogP contribution < -0.4 is 0 Å². The minimum Gasteiger partial charge on any atom is -0.368 e. The number of hydrogen-bond donors (Lipinski definition) is 0. The molecule has 1 aliphatic heterocycles. The highest BCUT2D eigenvalue weighted by Crippen LogP contribution is 2.23. The minimum absolute atomic E-state index is 0.156. The lowest BCUT2D eigenvalue weighted by Gasteiger charge is -2.31. The number of rotatable bonds is 5. The maximum absolute atomic E-state index is 13.9. The summed E-state index contributed by atoms with van der Waals surface area (Å²) >= 11 is 3.00. The molecule has 0 radical (unpaired) electrons. The largest absolute Gasteiger partial charge is 0.368 e. The quantitative estimate of drug-likeness (QED) is 0.755. The molecule has 2 rings (SSSR count). The number of hydrogen-bond acceptors (Lipinski definition) is 3.